The second kappa shape index (κ2) is 7.67. The molecule has 3 N–H and O–H groups in total. The van der Waals surface area contributed by atoms with Crippen molar-refractivity contribution in [3.8, 4) is 5.75 Å². The number of nitrogen functional groups attached to an aromatic ring is 1. The predicted molar refractivity (Wildman–Crippen MR) is 78.2 cm³/mol. The van der Waals surface area contributed by atoms with Crippen molar-refractivity contribution in [2.45, 2.75) is 46.1 Å². The summed E-state index contributed by atoms with van der Waals surface area (Å²) in [7, 11) is 0. The third kappa shape index (κ3) is 4.81. The van der Waals surface area contributed by atoms with E-state index in [1.807, 2.05) is 18.2 Å². The lowest BCUT2D eigenvalue weighted by atomic mass is 10.1. The van der Waals surface area contributed by atoms with Crippen molar-refractivity contribution in [1.82, 2.24) is 5.32 Å². The summed E-state index contributed by atoms with van der Waals surface area (Å²) in [4.78, 5) is 11.8. The van der Waals surface area contributed by atoms with Crippen molar-refractivity contribution in [3.05, 3.63) is 23.8 Å². The smallest absolute Gasteiger partial charge is 0.260 e. The first kappa shape index (κ1) is 15.3. The molecule has 0 aliphatic carbocycles. The fraction of sp³-hybridized carbons (Fsp3) is 0.533. The number of ether oxygens (including phenoxy) is 1. The van der Waals surface area contributed by atoms with Gasteiger partial charge in [-0.15, -0.1) is 0 Å². The number of unbranched alkanes of at least 4 members (excludes halogenated alkanes) is 1. The summed E-state index contributed by atoms with van der Waals surface area (Å²) >= 11 is 0. The first-order chi connectivity index (χ1) is 9.08. The van der Waals surface area contributed by atoms with Crippen LogP contribution in [0.5, 0.6) is 5.75 Å². The van der Waals surface area contributed by atoms with Gasteiger partial charge in [0.15, 0.2) is 6.10 Å². The minimum atomic E-state index is -0.536. The molecule has 0 aliphatic rings. The number of nitrogens with one attached hydrogen (secondary N) is 1. The minimum Gasteiger partial charge on any atom is -0.479 e. The van der Waals surface area contributed by atoms with Crippen LogP contribution in [0.2, 0.25) is 0 Å². The first-order valence-corrected chi connectivity index (χ1v) is 6.91. The summed E-state index contributed by atoms with van der Waals surface area (Å²) in [5, 5.41) is 2.84. The van der Waals surface area contributed by atoms with Crippen molar-refractivity contribution in [2.75, 3.05) is 12.3 Å². The molecule has 0 aliphatic heterocycles. The summed E-state index contributed by atoms with van der Waals surface area (Å²) in [6.07, 6.45) is 2.43. The summed E-state index contributed by atoms with van der Waals surface area (Å²) in [6.45, 7) is 6.57. The van der Waals surface area contributed by atoms with Gasteiger partial charge in [-0.2, -0.15) is 0 Å². The van der Waals surface area contributed by atoms with Gasteiger partial charge < -0.3 is 15.8 Å². The van der Waals surface area contributed by atoms with E-state index in [0.29, 0.717) is 18.0 Å². The molecule has 0 aromatic heterocycles. The maximum Gasteiger partial charge on any atom is 0.260 e. The molecule has 1 aromatic carbocycles. The Morgan fingerprint density at radius 1 is 1.42 bits per heavy atom. The van der Waals surface area contributed by atoms with Gasteiger partial charge >= 0.3 is 0 Å². The molecule has 1 atom stereocenters. The number of rotatable bonds is 7. The molecule has 1 rings (SSSR count). The van der Waals surface area contributed by atoms with Gasteiger partial charge in [0.2, 0.25) is 0 Å². The van der Waals surface area contributed by atoms with E-state index in [4.69, 9.17) is 10.5 Å². The van der Waals surface area contributed by atoms with Gasteiger partial charge in [-0.1, -0.05) is 26.3 Å². The molecule has 19 heavy (non-hydrogen) atoms. The van der Waals surface area contributed by atoms with Crippen LogP contribution in [0.3, 0.4) is 0 Å². The van der Waals surface area contributed by atoms with Gasteiger partial charge in [0.05, 0.1) is 5.69 Å². The lowest BCUT2D eigenvalue weighted by Crippen LogP contribution is -2.36. The quantitative estimate of drug-likeness (QED) is 0.587. The molecule has 0 heterocycles. The maximum absolute atomic E-state index is 11.8. The monoisotopic (exact) mass is 264 g/mol. The number of benzene rings is 1. The number of carbonyl (C=O) groups is 1. The van der Waals surface area contributed by atoms with E-state index in [2.05, 4.69) is 19.2 Å². The minimum absolute atomic E-state index is 0.104. The molecule has 106 valence electrons. The fourth-order valence-electron chi connectivity index (χ4n) is 1.70. The Balaban J connectivity index is 2.56. The number of nitrogens with two attached hydrogens (primary N) is 1. The lowest BCUT2D eigenvalue weighted by molar-refractivity contribution is -0.127. The Morgan fingerprint density at radius 2 is 2.16 bits per heavy atom. The molecule has 0 radical (unpaired) electrons. The van der Waals surface area contributed by atoms with E-state index in [1.54, 1.807) is 6.92 Å². The molecule has 0 fully saturated rings. The number of anilines is 1. The van der Waals surface area contributed by atoms with Crippen LogP contribution in [0.1, 0.15) is 39.2 Å². The molecule has 0 spiro atoms. The zero-order valence-electron chi connectivity index (χ0n) is 12.0. The van der Waals surface area contributed by atoms with Gasteiger partial charge in [-0.25, -0.2) is 0 Å². The normalized spacial score (nSPS) is 11.9. The fourth-order valence-corrected chi connectivity index (χ4v) is 1.70. The standard InChI is InChI=1S/C15H24N2O2/c1-4-6-9-17-15(18)11(3)19-14-8-7-12(5-2)10-13(14)16/h7-8,10-11H,4-6,9,16H2,1-3H3,(H,17,18). The molecular weight excluding hydrogens is 240 g/mol. The van der Waals surface area contributed by atoms with Crippen LogP contribution in [-0.2, 0) is 11.2 Å². The molecule has 0 bridgehead atoms. The van der Waals surface area contributed by atoms with Crippen LogP contribution < -0.4 is 15.8 Å². The predicted octanol–water partition coefficient (Wildman–Crippen LogP) is 2.51. The topological polar surface area (TPSA) is 64.3 Å². The number of hydrogen-bond donors (Lipinski definition) is 2. The molecule has 1 unspecified atom stereocenters. The molecule has 4 heteroatoms. The van der Waals surface area contributed by atoms with E-state index in [1.165, 1.54) is 0 Å². The second-order valence-electron chi connectivity index (χ2n) is 4.63. The highest BCUT2D eigenvalue weighted by molar-refractivity contribution is 5.80. The third-order valence-electron chi connectivity index (χ3n) is 2.98. The zero-order valence-corrected chi connectivity index (χ0v) is 12.0. The maximum atomic E-state index is 11.8. The summed E-state index contributed by atoms with van der Waals surface area (Å²) in [6, 6.07) is 5.68. The first-order valence-electron chi connectivity index (χ1n) is 6.91. The molecule has 1 aromatic rings. The lowest BCUT2D eigenvalue weighted by Gasteiger charge is -2.16. The van der Waals surface area contributed by atoms with Gasteiger partial charge in [-0.3, -0.25) is 4.79 Å². The van der Waals surface area contributed by atoms with Gasteiger partial charge in [-0.05, 0) is 37.5 Å². The van der Waals surface area contributed by atoms with Gasteiger partial charge in [0, 0.05) is 6.54 Å². The molecule has 0 saturated carbocycles. The highest BCUT2D eigenvalue weighted by Crippen LogP contribution is 2.23. The number of hydrogen-bond acceptors (Lipinski definition) is 3. The molecular formula is C15H24N2O2. The SMILES string of the molecule is CCCCNC(=O)C(C)Oc1ccc(CC)cc1N. The summed E-state index contributed by atoms with van der Waals surface area (Å²) in [5.41, 5.74) is 7.64. The van der Waals surface area contributed by atoms with Crippen molar-refractivity contribution >= 4 is 11.6 Å². The molecule has 0 saturated heterocycles. The Bertz CT molecular complexity index is 419. The largest absolute Gasteiger partial charge is 0.479 e. The van der Waals surface area contributed by atoms with E-state index >= 15 is 0 Å². The van der Waals surface area contributed by atoms with E-state index in [9.17, 15) is 4.79 Å². The van der Waals surface area contributed by atoms with E-state index in [0.717, 1.165) is 24.8 Å². The van der Waals surface area contributed by atoms with Crippen molar-refractivity contribution < 1.29 is 9.53 Å². The molecule has 1 amide bonds. The third-order valence-corrected chi connectivity index (χ3v) is 2.98. The molecule has 4 nitrogen and oxygen atoms in total. The Labute approximate surface area is 115 Å². The number of aryl methyl sites for hydroxylation is 1. The van der Waals surface area contributed by atoms with Crippen LogP contribution >= 0.6 is 0 Å². The van der Waals surface area contributed by atoms with Crippen LogP contribution in [0, 0.1) is 0 Å². The van der Waals surface area contributed by atoms with Gasteiger partial charge in [0.25, 0.3) is 5.91 Å². The van der Waals surface area contributed by atoms with Crippen LogP contribution in [-0.4, -0.2) is 18.6 Å². The van der Waals surface area contributed by atoms with E-state index < -0.39 is 6.10 Å². The van der Waals surface area contributed by atoms with E-state index in [-0.39, 0.29) is 5.91 Å². The van der Waals surface area contributed by atoms with Crippen molar-refractivity contribution in [1.29, 1.82) is 0 Å². The Morgan fingerprint density at radius 3 is 2.74 bits per heavy atom. The van der Waals surface area contributed by atoms with Gasteiger partial charge in [0.1, 0.15) is 5.75 Å². The number of amides is 1. The summed E-state index contributed by atoms with van der Waals surface area (Å²) < 4.78 is 5.60. The average Bonchev–Trinajstić information content (AvgIpc) is 2.41. The van der Waals surface area contributed by atoms with Crippen molar-refractivity contribution in [2.24, 2.45) is 0 Å². The van der Waals surface area contributed by atoms with Crippen LogP contribution in [0.25, 0.3) is 0 Å². The Kier molecular flexibility index (Phi) is 6.19. The van der Waals surface area contributed by atoms with Crippen LogP contribution in [0.4, 0.5) is 5.69 Å². The van der Waals surface area contributed by atoms with Crippen molar-refractivity contribution in [3.63, 3.8) is 0 Å². The zero-order chi connectivity index (χ0) is 14.3. The number of carbonyl (C=O) groups excluding carboxylic acids is 1. The average molecular weight is 264 g/mol. The highest BCUT2D eigenvalue weighted by Gasteiger charge is 2.15. The highest BCUT2D eigenvalue weighted by atomic mass is 16.5. The Hall–Kier alpha value is -1.71. The summed E-state index contributed by atoms with van der Waals surface area (Å²) in [5.74, 6) is 0.461. The van der Waals surface area contributed by atoms with Crippen LogP contribution in [0.15, 0.2) is 18.2 Å². The second-order valence-corrected chi connectivity index (χ2v) is 4.63.